The highest BCUT2D eigenvalue weighted by Crippen LogP contribution is 2.24. The molecule has 1 N–H and O–H groups in total. The molecule has 2 aromatic rings. The van der Waals surface area contributed by atoms with Crippen LogP contribution in [0.2, 0.25) is 5.02 Å². The van der Waals surface area contributed by atoms with E-state index in [2.05, 4.69) is 34.0 Å². The molecule has 4 heteroatoms. The Morgan fingerprint density at radius 3 is 2.47 bits per heavy atom. The first kappa shape index (κ1) is 12.2. The van der Waals surface area contributed by atoms with E-state index in [1.165, 1.54) is 3.57 Å². The fourth-order valence-electron chi connectivity index (χ4n) is 1.41. The number of benzene rings is 2. The summed E-state index contributed by atoms with van der Waals surface area (Å²) in [6.07, 6.45) is 0. The summed E-state index contributed by atoms with van der Waals surface area (Å²) in [5.74, 6) is 0. The molecule has 0 fully saturated rings. The first-order chi connectivity index (χ1) is 8.19. The maximum Gasteiger partial charge on any atom is 0.101 e. The lowest BCUT2D eigenvalue weighted by atomic mass is 10.2. The highest BCUT2D eigenvalue weighted by Gasteiger charge is 2.03. The fourth-order valence-corrected chi connectivity index (χ4v) is 1.94. The Balaban J connectivity index is 2.32. The van der Waals surface area contributed by atoms with Gasteiger partial charge in [-0.1, -0.05) is 11.6 Å². The van der Waals surface area contributed by atoms with Crippen LogP contribution in [0.1, 0.15) is 5.56 Å². The molecule has 0 aliphatic carbocycles. The molecule has 0 radical (unpaired) electrons. The minimum absolute atomic E-state index is 0.577. The highest BCUT2D eigenvalue weighted by molar-refractivity contribution is 14.1. The zero-order valence-corrected chi connectivity index (χ0v) is 11.7. The second kappa shape index (κ2) is 5.39. The van der Waals surface area contributed by atoms with Crippen molar-refractivity contribution in [3.8, 4) is 6.07 Å². The molecule has 0 amide bonds. The molecule has 0 spiro atoms. The van der Waals surface area contributed by atoms with Crippen LogP contribution in [0.25, 0.3) is 0 Å². The summed E-state index contributed by atoms with van der Waals surface area (Å²) >= 11 is 8.16. The second-order valence-corrected chi connectivity index (χ2v) is 5.12. The molecule has 0 saturated heterocycles. The van der Waals surface area contributed by atoms with Crippen molar-refractivity contribution in [1.29, 1.82) is 5.26 Å². The molecule has 0 aromatic heterocycles. The van der Waals surface area contributed by atoms with Gasteiger partial charge in [-0.2, -0.15) is 5.26 Å². The average Bonchev–Trinajstić information content (AvgIpc) is 2.32. The Bertz CT molecular complexity index is 573. The van der Waals surface area contributed by atoms with E-state index in [0.717, 1.165) is 11.4 Å². The zero-order valence-electron chi connectivity index (χ0n) is 8.74. The van der Waals surface area contributed by atoms with E-state index in [0.29, 0.717) is 10.6 Å². The van der Waals surface area contributed by atoms with Crippen molar-refractivity contribution in [1.82, 2.24) is 0 Å². The maximum atomic E-state index is 9.00. The van der Waals surface area contributed by atoms with Crippen LogP contribution in [0.5, 0.6) is 0 Å². The van der Waals surface area contributed by atoms with Crippen LogP contribution in [0.3, 0.4) is 0 Å². The molecule has 0 unspecified atom stereocenters. The van der Waals surface area contributed by atoms with Gasteiger partial charge in [-0.3, -0.25) is 0 Å². The lowest BCUT2D eigenvalue weighted by molar-refractivity contribution is 1.46. The van der Waals surface area contributed by atoms with Crippen molar-refractivity contribution in [3.63, 3.8) is 0 Å². The molecule has 0 aliphatic rings. The van der Waals surface area contributed by atoms with E-state index >= 15 is 0 Å². The number of nitrogens with zero attached hydrogens (tertiary/aromatic N) is 1. The van der Waals surface area contributed by atoms with Crippen molar-refractivity contribution >= 4 is 45.6 Å². The van der Waals surface area contributed by atoms with E-state index in [1.54, 1.807) is 18.2 Å². The molecule has 0 bridgehead atoms. The first-order valence-electron chi connectivity index (χ1n) is 4.91. The predicted octanol–water partition coefficient (Wildman–Crippen LogP) is 4.56. The second-order valence-electron chi connectivity index (χ2n) is 3.43. The summed E-state index contributed by atoms with van der Waals surface area (Å²) in [4.78, 5) is 0. The Morgan fingerprint density at radius 2 is 1.82 bits per heavy atom. The van der Waals surface area contributed by atoms with Gasteiger partial charge in [-0.15, -0.1) is 0 Å². The van der Waals surface area contributed by atoms with Gasteiger partial charge in [0.25, 0.3) is 0 Å². The number of nitrogens with one attached hydrogen (secondary N) is 1. The van der Waals surface area contributed by atoms with Crippen LogP contribution in [0.4, 0.5) is 11.4 Å². The SMILES string of the molecule is N#Cc1ccc(Cl)cc1Nc1ccc(I)cc1. The van der Waals surface area contributed by atoms with Crippen molar-refractivity contribution in [3.05, 3.63) is 56.6 Å². The molecular formula is C13H8ClIN2. The van der Waals surface area contributed by atoms with Crippen LogP contribution in [-0.2, 0) is 0 Å². The van der Waals surface area contributed by atoms with Crippen molar-refractivity contribution in [2.75, 3.05) is 5.32 Å². The first-order valence-corrected chi connectivity index (χ1v) is 6.37. The smallest absolute Gasteiger partial charge is 0.101 e. The number of hydrogen-bond donors (Lipinski definition) is 1. The Morgan fingerprint density at radius 1 is 1.12 bits per heavy atom. The highest BCUT2D eigenvalue weighted by atomic mass is 127. The third-order valence-corrected chi connectivity index (χ3v) is 3.18. The van der Waals surface area contributed by atoms with Gasteiger partial charge in [0.05, 0.1) is 11.3 Å². The van der Waals surface area contributed by atoms with Gasteiger partial charge in [-0.25, -0.2) is 0 Å². The van der Waals surface area contributed by atoms with E-state index < -0.39 is 0 Å². The largest absolute Gasteiger partial charge is 0.354 e. The Hall–Kier alpha value is -1.25. The van der Waals surface area contributed by atoms with Gasteiger partial charge in [0.2, 0.25) is 0 Å². The van der Waals surface area contributed by atoms with Crippen LogP contribution in [0, 0.1) is 14.9 Å². The molecule has 2 rings (SSSR count). The summed E-state index contributed by atoms with van der Waals surface area (Å²) in [6, 6.07) is 15.2. The molecule has 0 atom stereocenters. The number of hydrogen-bond acceptors (Lipinski definition) is 2. The summed E-state index contributed by atoms with van der Waals surface area (Å²) < 4.78 is 1.17. The molecule has 2 aromatic carbocycles. The lowest BCUT2D eigenvalue weighted by Crippen LogP contribution is -1.93. The summed E-state index contributed by atoms with van der Waals surface area (Å²) in [6.45, 7) is 0. The van der Waals surface area contributed by atoms with Gasteiger partial charge in [0.15, 0.2) is 0 Å². The summed E-state index contributed by atoms with van der Waals surface area (Å²) in [5.41, 5.74) is 2.23. The number of rotatable bonds is 2. The number of nitriles is 1. The minimum atomic E-state index is 0.577. The quantitative estimate of drug-likeness (QED) is 0.803. The van der Waals surface area contributed by atoms with Crippen LogP contribution >= 0.6 is 34.2 Å². The van der Waals surface area contributed by atoms with E-state index in [4.69, 9.17) is 16.9 Å². The standard InChI is InChI=1S/C13H8ClIN2/c14-10-2-1-9(8-16)13(7-10)17-12-5-3-11(15)4-6-12/h1-7,17H. The van der Waals surface area contributed by atoms with Gasteiger partial charge >= 0.3 is 0 Å². The van der Waals surface area contributed by atoms with Gasteiger partial charge in [-0.05, 0) is 65.1 Å². The normalized spacial score (nSPS) is 9.71. The summed E-state index contributed by atoms with van der Waals surface area (Å²) in [7, 11) is 0. The molecule has 17 heavy (non-hydrogen) atoms. The zero-order chi connectivity index (χ0) is 12.3. The number of anilines is 2. The van der Waals surface area contributed by atoms with Crippen LogP contribution < -0.4 is 5.32 Å². The molecule has 0 saturated carbocycles. The van der Waals surface area contributed by atoms with E-state index in [1.807, 2.05) is 24.3 Å². The summed E-state index contributed by atoms with van der Waals surface area (Å²) in [5, 5.41) is 12.8. The fraction of sp³-hybridized carbons (Fsp3) is 0. The van der Waals surface area contributed by atoms with Crippen LogP contribution in [0.15, 0.2) is 42.5 Å². The monoisotopic (exact) mass is 354 g/mol. The van der Waals surface area contributed by atoms with Crippen molar-refractivity contribution in [2.24, 2.45) is 0 Å². The predicted molar refractivity (Wildman–Crippen MR) is 78.6 cm³/mol. The van der Waals surface area contributed by atoms with Crippen molar-refractivity contribution < 1.29 is 0 Å². The minimum Gasteiger partial charge on any atom is -0.354 e. The van der Waals surface area contributed by atoms with E-state index in [-0.39, 0.29) is 0 Å². The third kappa shape index (κ3) is 3.11. The Labute approximate surface area is 118 Å². The van der Waals surface area contributed by atoms with Gasteiger partial charge in [0, 0.05) is 14.3 Å². The lowest BCUT2D eigenvalue weighted by Gasteiger charge is -2.08. The van der Waals surface area contributed by atoms with Crippen molar-refractivity contribution in [2.45, 2.75) is 0 Å². The molecule has 0 aliphatic heterocycles. The number of halogens is 2. The topological polar surface area (TPSA) is 35.8 Å². The van der Waals surface area contributed by atoms with E-state index in [9.17, 15) is 0 Å². The molecule has 0 heterocycles. The molecular weight excluding hydrogens is 347 g/mol. The maximum absolute atomic E-state index is 9.00. The third-order valence-electron chi connectivity index (χ3n) is 2.23. The average molecular weight is 355 g/mol. The Kier molecular flexibility index (Phi) is 3.87. The molecule has 2 nitrogen and oxygen atoms in total. The van der Waals surface area contributed by atoms with Crippen LogP contribution in [-0.4, -0.2) is 0 Å². The molecule has 84 valence electrons. The van der Waals surface area contributed by atoms with Gasteiger partial charge < -0.3 is 5.32 Å². The van der Waals surface area contributed by atoms with Gasteiger partial charge in [0.1, 0.15) is 6.07 Å².